The minimum absolute atomic E-state index is 0. The summed E-state index contributed by atoms with van der Waals surface area (Å²) in [5, 5.41) is 14.1. The standard InChI is InChI=1S/C18H26N6O.HI/c1-19-18(21-14-6-4-3-5-7-14)20-12-16-22-17(24-23-16)13-8-10-15(25-2)11-9-13;/h8-11,14H,3-7,12H2,1-2H3,(H2,19,20,21)(H,22,23,24);1H. The molecule has 1 aliphatic carbocycles. The molecule has 0 spiro atoms. The van der Waals surface area contributed by atoms with Gasteiger partial charge in [0, 0.05) is 18.7 Å². The van der Waals surface area contributed by atoms with E-state index in [1.165, 1.54) is 32.1 Å². The fourth-order valence-corrected chi connectivity index (χ4v) is 3.05. The average Bonchev–Trinajstić information content (AvgIpc) is 3.15. The number of methoxy groups -OCH3 is 1. The van der Waals surface area contributed by atoms with E-state index < -0.39 is 0 Å². The molecule has 1 heterocycles. The molecule has 0 atom stereocenters. The second kappa shape index (κ2) is 10.3. The normalized spacial score (nSPS) is 15.2. The van der Waals surface area contributed by atoms with Crippen LogP contribution < -0.4 is 15.4 Å². The van der Waals surface area contributed by atoms with Gasteiger partial charge in [-0.2, -0.15) is 5.10 Å². The van der Waals surface area contributed by atoms with Gasteiger partial charge in [0.25, 0.3) is 0 Å². The zero-order valence-corrected chi connectivity index (χ0v) is 17.6. The lowest BCUT2D eigenvalue weighted by molar-refractivity contribution is 0.410. The van der Waals surface area contributed by atoms with Crippen LogP contribution in [0.25, 0.3) is 11.4 Å². The fourth-order valence-electron chi connectivity index (χ4n) is 3.05. The first-order chi connectivity index (χ1) is 12.3. The van der Waals surface area contributed by atoms with Gasteiger partial charge < -0.3 is 15.4 Å². The molecule has 1 fully saturated rings. The number of ether oxygens (including phenoxy) is 1. The van der Waals surface area contributed by atoms with Crippen molar-refractivity contribution in [3.05, 3.63) is 30.1 Å². The Morgan fingerprint density at radius 2 is 1.96 bits per heavy atom. The number of H-pyrrole nitrogens is 1. The fraction of sp³-hybridized carbons (Fsp3) is 0.500. The van der Waals surface area contributed by atoms with Crippen molar-refractivity contribution in [3.63, 3.8) is 0 Å². The zero-order chi connectivity index (χ0) is 17.5. The molecule has 0 bridgehead atoms. The summed E-state index contributed by atoms with van der Waals surface area (Å²) in [5.41, 5.74) is 0.952. The van der Waals surface area contributed by atoms with E-state index in [-0.39, 0.29) is 24.0 Å². The molecule has 7 nitrogen and oxygen atoms in total. The third kappa shape index (κ3) is 5.58. The monoisotopic (exact) mass is 470 g/mol. The van der Waals surface area contributed by atoms with E-state index >= 15 is 0 Å². The lowest BCUT2D eigenvalue weighted by Crippen LogP contribution is -2.43. The molecule has 0 unspecified atom stereocenters. The maximum atomic E-state index is 5.17. The predicted octanol–water partition coefficient (Wildman–Crippen LogP) is 3.10. The number of guanidine groups is 1. The number of hydrogen-bond acceptors (Lipinski definition) is 4. The lowest BCUT2D eigenvalue weighted by Gasteiger charge is -2.24. The summed E-state index contributed by atoms with van der Waals surface area (Å²) >= 11 is 0. The van der Waals surface area contributed by atoms with E-state index in [0.717, 1.165) is 23.1 Å². The van der Waals surface area contributed by atoms with E-state index in [9.17, 15) is 0 Å². The van der Waals surface area contributed by atoms with Crippen LogP contribution in [0.4, 0.5) is 0 Å². The molecule has 2 aromatic rings. The summed E-state index contributed by atoms with van der Waals surface area (Å²) in [5.74, 6) is 3.08. The number of hydrogen-bond donors (Lipinski definition) is 3. The summed E-state index contributed by atoms with van der Waals surface area (Å²) in [6.07, 6.45) is 6.36. The van der Waals surface area contributed by atoms with Crippen molar-refractivity contribution in [2.75, 3.05) is 14.2 Å². The maximum absolute atomic E-state index is 5.17. The molecule has 1 aromatic carbocycles. The van der Waals surface area contributed by atoms with Crippen molar-refractivity contribution < 1.29 is 4.74 Å². The van der Waals surface area contributed by atoms with Gasteiger partial charge in [0.15, 0.2) is 11.8 Å². The van der Waals surface area contributed by atoms with Gasteiger partial charge in [0.2, 0.25) is 0 Å². The van der Waals surface area contributed by atoms with E-state index in [1.807, 2.05) is 24.3 Å². The van der Waals surface area contributed by atoms with E-state index in [1.54, 1.807) is 14.2 Å². The largest absolute Gasteiger partial charge is 0.497 e. The topological polar surface area (TPSA) is 87.2 Å². The van der Waals surface area contributed by atoms with E-state index in [2.05, 4.69) is 30.8 Å². The third-order valence-electron chi connectivity index (χ3n) is 4.47. The lowest BCUT2D eigenvalue weighted by atomic mass is 9.96. The Labute approximate surface area is 171 Å². The molecule has 26 heavy (non-hydrogen) atoms. The summed E-state index contributed by atoms with van der Waals surface area (Å²) in [6, 6.07) is 8.22. The number of aromatic nitrogens is 3. The molecule has 0 aliphatic heterocycles. The Morgan fingerprint density at radius 3 is 2.62 bits per heavy atom. The molecule has 1 saturated carbocycles. The third-order valence-corrected chi connectivity index (χ3v) is 4.47. The van der Waals surface area contributed by atoms with Crippen LogP contribution in [0.2, 0.25) is 0 Å². The van der Waals surface area contributed by atoms with Gasteiger partial charge in [-0.25, -0.2) is 4.98 Å². The quantitative estimate of drug-likeness (QED) is 0.355. The summed E-state index contributed by atoms with van der Waals surface area (Å²) < 4.78 is 5.17. The number of aromatic amines is 1. The number of rotatable bonds is 5. The van der Waals surface area contributed by atoms with Gasteiger partial charge in [0.1, 0.15) is 11.6 Å². The molecule has 3 rings (SSSR count). The van der Waals surface area contributed by atoms with Gasteiger partial charge in [-0.1, -0.05) is 19.3 Å². The van der Waals surface area contributed by atoms with Crippen molar-refractivity contribution >= 4 is 29.9 Å². The van der Waals surface area contributed by atoms with Crippen LogP contribution in [-0.2, 0) is 6.54 Å². The highest BCUT2D eigenvalue weighted by Crippen LogP contribution is 2.19. The highest BCUT2D eigenvalue weighted by atomic mass is 127. The van der Waals surface area contributed by atoms with Crippen molar-refractivity contribution in [1.29, 1.82) is 0 Å². The molecule has 0 amide bonds. The number of benzene rings is 1. The van der Waals surface area contributed by atoms with Crippen molar-refractivity contribution in [2.45, 2.75) is 44.7 Å². The van der Waals surface area contributed by atoms with Crippen LogP contribution >= 0.6 is 24.0 Å². The van der Waals surface area contributed by atoms with Crippen LogP contribution in [0.1, 0.15) is 37.9 Å². The van der Waals surface area contributed by atoms with Crippen molar-refractivity contribution in [2.24, 2.45) is 4.99 Å². The van der Waals surface area contributed by atoms with Gasteiger partial charge in [-0.05, 0) is 37.1 Å². The molecule has 0 radical (unpaired) electrons. The molecule has 0 saturated heterocycles. The minimum Gasteiger partial charge on any atom is -0.497 e. The van der Waals surface area contributed by atoms with Gasteiger partial charge in [0.05, 0.1) is 13.7 Å². The number of halogens is 1. The molecule has 8 heteroatoms. The maximum Gasteiger partial charge on any atom is 0.191 e. The van der Waals surface area contributed by atoms with Crippen LogP contribution in [0.5, 0.6) is 5.75 Å². The Kier molecular flexibility index (Phi) is 8.14. The molecular weight excluding hydrogens is 443 g/mol. The molecular formula is C18H27IN6O. The minimum atomic E-state index is 0. The molecule has 3 N–H and O–H groups in total. The molecule has 142 valence electrons. The highest BCUT2D eigenvalue weighted by molar-refractivity contribution is 14.0. The second-order valence-corrected chi connectivity index (χ2v) is 6.24. The number of nitrogens with one attached hydrogen (secondary N) is 3. The number of nitrogens with zero attached hydrogens (tertiary/aromatic N) is 3. The smallest absolute Gasteiger partial charge is 0.191 e. The summed E-state index contributed by atoms with van der Waals surface area (Å²) in [6.45, 7) is 0.551. The van der Waals surface area contributed by atoms with Crippen molar-refractivity contribution in [3.8, 4) is 17.1 Å². The Balaban J connectivity index is 0.00000243. The Hall–Kier alpha value is -1.84. The predicted molar refractivity (Wildman–Crippen MR) is 114 cm³/mol. The van der Waals surface area contributed by atoms with Crippen LogP contribution in [-0.4, -0.2) is 41.3 Å². The van der Waals surface area contributed by atoms with E-state index in [4.69, 9.17) is 4.74 Å². The second-order valence-electron chi connectivity index (χ2n) is 6.24. The van der Waals surface area contributed by atoms with Crippen LogP contribution in [0.15, 0.2) is 29.3 Å². The van der Waals surface area contributed by atoms with Crippen LogP contribution in [0, 0.1) is 0 Å². The summed E-state index contributed by atoms with van der Waals surface area (Å²) in [4.78, 5) is 8.84. The number of aliphatic imine (C=N–C) groups is 1. The van der Waals surface area contributed by atoms with Crippen LogP contribution in [0.3, 0.4) is 0 Å². The van der Waals surface area contributed by atoms with Crippen molar-refractivity contribution in [1.82, 2.24) is 25.8 Å². The first-order valence-electron chi connectivity index (χ1n) is 8.81. The Morgan fingerprint density at radius 1 is 1.23 bits per heavy atom. The summed E-state index contributed by atoms with van der Waals surface area (Å²) in [7, 11) is 3.45. The Bertz CT molecular complexity index is 694. The average molecular weight is 470 g/mol. The zero-order valence-electron chi connectivity index (χ0n) is 15.3. The first kappa shape index (κ1) is 20.5. The molecule has 1 aromatic heterocycles. The van der Waals surface area contributed by atoms with Gasteiger partial charge in [-0.3, -0.25) is 10.1 Å². The highest BCUT2D eigenvalue weighted by Gasteiger charge is 2.14. The van der Waals surface area contributed by atoms with E-state index in [0.29, 0.717) is 18.4 Å². The first-order valence-corrected chi connectivity index (χ1v) is 8.81. The van der Waals surface area contributed by atoms with Gasteiger partial charge in [-0.15, -0.1) is 24.0 Å². The van der Waals surface area contributed by atoms with Gasteiger partial charge >= 0.3 is 0 Å². The molecule has 1 aliphatic rings. The SMILES string of the molecule is CN=C(NCc1nc(-c2ccc(OC)cc2)n[nH]1)NC1CCCCC1.I.